The highest BCUT2D eigenvalue weighted by atomic mass is 16.4. The molecule has 0 amide bonds. The summed E-state index contributed by atoms with van der Waals surface area (Å²) in [6.07, 6.45) is 2.49. The molecule has 0 heterocycles. The van der Waals surface area contributed by atoms with Crippen molar-refractivity contribution in [1.82, 2.24) is 5.32 Å². The fourth-order valence-corrected chi connectivity index (χ4v) is 3.57. The number of carbonyl (C=O) groups is 1. The van der Waals surface area contributed by atoms with Crippen molar-refractivity contribution in [3.63, 3.8) is 0 Å². The maximum absolute atomic E-state index is 11.5. The molecule has 120 valence electrons. The molecule has 0 radical (unpaired) electrons. The molecule has 2 aromatic carbocycles. The van der Waals surface area contributed by atoms with Crippen LogP contribution in [0.1, 0.15) is 30.9 Å². The summed E-state index contributed by atoms with van der Waals surface area (Å²) >= 11 is 0. The van der Waals surface area contributed by atoms with Gasteiger partial charge in [0.25, 0.3) is 0 Å². The van der Waals surface area contributed by atoms with Crippen LogP contribution < -0.4 is 5.32 Å². The molecule has 1 aliphatic rings. The molecule has 23 heavy (non-hydrogen) atoms. The summed E-state index contributed by atoms with van der Waals surface area (Å²) in [6.45, 7) is 2.26. The first-order chi connectivity index (χ1) is 11.1. The van der Waals surface area contributed by atoms with E-state index in [1.54, 1.807) is 0 Å². The van der Waals surface area contributed by atoms with Crippen LogP contribution in [-0.2, 0) is 16.6 Å². The van der Waals surface area contributed by atoms with Gasteiger partial charge in [0.05, 0.1) is 0 Å². The Hall–Kier alpha value is -2.13. The van der Waals surface area contributed by atoms with Crippen LogP contribution in [0.3, 0.4) is 0 Å². The fraction of sp³-hybridized carbons (Fsp3) is 0.350. The molecule has 0 unspecified atom stereocenters. The summed E-state index contributed by atoms with van der Waals surface area (Å²) in [6, 6.07) is 20.0. The van der Waals surface area contributed by atoms with Gasteiger partial charge in [-0.2, -0.15) is 0 Å². The average molecular weight is 309 g/mol. The van der Waals surface area contributed by atoms with Gasteiger partial charge in [0, 0.05) is 6.04 Å². The van der Waals surface area contributed by atoms with Crippen molar-refractivity contribution in [3.8, 4) is 0 Å². The van der Waals surface area contributed by atoms with Crippen LogP contribution in [0.25, 0.3) is 0 Å². The van der Waals surface area contributed by atoms with Crippen LogP contribution in [0.15, 0.2) is 60.7 Å². The Balaban J connectivity index is 1.59. The molecule has 1 aliphatic carbocycles. The lowest BCUT2D eigenvalue weighted by Gasteiger charge is -2.47. The first-order valence-electron chi connectivity index (χ1n) is 8.15. The number of nitrogens with one attached hydrogen (secondary N) is 1. The van der Waals surface area contributed by atoms with E-state index in [-0.39, 0.29) is 11.5 Å². The molecule has 0 saturated heterocycles. The summed E-state index contributed by atoms with van der Waals surface area (Å²) in [7, 11) is 0. The number of aliphatic carboxylic acids is 1. The van der Waals surface area contributed by atoms with Gasteiger partial charge in [0.1, 0.15) is 6.04 Å². The normalized spacial score (nSPS) is 24.7. The van der Waals surface area contributed by atoms with Crippen LogP contribution in [0, 0.1) is 0 Å². The third-order valence-corrected chi connectivity index (χ3v) is 4.88. The van der Waals surface area contributed by atoms with Gasteiger partial charge < -0.3 is 10.4 Å². The zero-order chi connectivity index (χ0) is 16.3. The first kappa shape index (κ1) is 15.8. The van der Waals surface area contributed by atoms with Gasteiger partial charge >= 0.3 is 5.97 Å². The van der Waals surface area contributed by atoms with Gasteiger partial charge in [-0.05, 0) is 35.8 Å². The van der Waals surface area contributed by atoms with E-state index >= 15 is 0 Å². The number of benzene rings is 2. The standard InChI is InChI=1S/C20H23NO2/c1-20(16-10-6-3-7-11-16)13-17(14-20)21-18(19(22)23)12-15-8-4-2-5-9-15/h2-11,17-18,21H,12-14H2,1H3,(H,22,23)/t17?,18-,20?/m0/s1. The second-order valence-electron chi connectivity index (χ2n) is 6.78. The summed E-state index contributed by atoms with van der Waals surface area (Å²) in [5.74, 6) is -0.776. The van der Waals surface area contributed by atoms with Gasteiger partial charge in [0.15, 0.2) is 0 Å². The molecule has 1 fully saturated rings. The smallest absolute Gasteiger partial charge is 0.321 e. The Bertz CT molecular complexity index is 648. The molecule has 2 N–H and O–H groups in total. The van der Waals surface area contributed by atoms with Crippen molar-refractivity contribution in [3.05, 3.63) is 71.8 Å². The maximum atomic E-state index is 11.5. The number of hydrogen-bond donors (Lipinski definition) is 2. The number of hydrogen-bond acceptors (Lipinski definition) is 2. The molecule has 0 aromatic heterocycles. The zero-order valence-corrected chi connectivity index (χ0v) is 13.4. The van der Waals surface area contributed by atoms with Crippen LogP contribution in [0.5, 0.6) is 0 Å². The lowest BCUT2D eigenvalue weighted by molar-refractivity contribution is -0.140. The number of rotatable bonds is 6. The van der Waals surface area contributed by atoms with Gasteiger partial charge in [-0.3, -0.25) is 4.79 Å². The summed E-state index contributed by atoms with van der Waals surface area (Å²) in [4.78, 5) is 11.5. The molecule has 0 bridgehead atoms. The Morgan fingerprint density at radius 1 is 1.13 bits per heavy atom. The van der Waals surface area contributed by atoms with Gasteiger partial charge in [-0.1, -0.05) is 67.6 Å². The van der Waals surface area contributed by atoms with Crippen molar-refractivity contribution in [2.45, 2.75) is 43.7 Å². The molecular weight excluding hydrogens is 286 g/mol. The molecule has 0 spiro atoms. The summed E-state index contributed by atoms with van der Waals surface area (Å²) in [5.41, 5.74) is 2.56. The second kappa shape index (κ2) is 6.55. The predicted molar refractivity (Wildman–Crippen MR) is 91.5 cm³/mol. The van der Waals surface area contributed by atoms with E-state index in [4.69, 9.17) is 0 Å². The van der Waals surface area contributed by atoms with E-state index in [9.17, 15) is 9.90 Å². The minimum atomic E-state index is -0.776. The zero-order valence-electron chi connectivity index (χ0n) is 13.4. The van der Waals surface area contributed by atoms with Gasteiger partial charge in [0.2, 0.25) is 0 Å². The van der Waals surface area contributed by atoms with Crippen molar-refractivity contribution in [1.29, 1.82) is 0 Å². The topological polar surface area (TPSA) is 49.3 Å². The van der Waals surface area contributed by atoms with Crippen molar-refractivity contribution in [2.24, 2.45) is 0 Å². The highest BCUT2D eigenvalue weighted by molar-refractivity contribution is 5.74. The molecule has 3 nitrogen and oxygen atoms in total. The SMILES string of the molecule is CC1(c2ccccc2)CC(N[C@@H](Cc2ccccc2)C(=O)O)C1. The Morgan fingerprint density at radius 3 is 2.26 bits per heavy atom. The molecule has 2 aromatic rings. The van der Waals surface area contributed by atoms with E-state index in [0.29, 0.717) is 6.42 Å². The van der Waals surface area contributed by atoms with Gasteiger partial charge in [-0.25, -0.2) is 0 Å². The highest BCUT2D eigenvalue weighted by Crippen LogP contribution is 2.43. The van der Waals surface area contributed by atoms with Crippen LogP contribution in [-0.4, -0.2) is 23.2 Å². The van der Waals surface area contributed by atoms with E-state index in [0.717, 1.165) is 18.4 Å². The van der Waals surface area contributed by atoms with Crippen molar-refractivity contribution in [2.75, 3.05) is 0 Å². The minimum Gasteiger partial charge on any atom is -0.480 e. The third kappa shape index (κ3) is 3.62. The second-order valence-corrected chi connectivity index (χ2v) is 6.78. The number of carboxylic acids is 1. The molecule has 3 heteroatoms. The Kier molecular flexibility index (Phi) is 4.49. The molecule has 0 aliphatic heterocycles. The molecule has 3 rings (SSSR count). The molecule has 1 atom stereocenters. The Morgan fingerprint density at radius 2 is 1.70 bits per heavy atom. The van der Waals surface area contributed by atoms with E-state index in [1.807, 2.05) is 36.4 Å². The molecule has 1 saturated carbocycles. The van der Waals surface area contributed by atoms with Crippen molar-refractivity contribution < 1.29 is 9.90 Å². The van der Waals surface area contributed by atoms with Crippen LogP contribution >= 0.6 is 0 Å². The summed E-state index contributed by atoms with van der Waals surface area (Å²) < 4.78 is 0. The fourth-order valence-electron chi connectivity index (χ4n) is 3.57. The van der Waals surface area contributed by atoms with Crippen LogP contribution in [0.4, 0.5) is 0 Å². The van der Waals surface area contributed by atoms with Crippen molar-refractivity contribution >= 4 is 5.97 Å². The van der Waals surface area contributed by atoms with Gasteiger partial charge in [-0.15, -0.1) is 0 Å². The maximum Gasteiger partial charge on any atom is 0.321 e. The minimum absolute atomic E-state index is 0.161. The van der Waals surface area contributed by atoms with E-state index in [1.165, 1.54) is 5.56 Å². The monoisotopic (exact) mass is 309 g/mol. The Labute approximate surface area is 137 Å². The first-order valence-corrected chi connectivity index (χ1v) is 8.15. The summed E-state index contributed by atoms with van der Waals surface area (Å²) in [5, 5.41) is 12.8. The largest absolute Gasteiger partial charge is 0.480 e. The highest BCUT2D eigenvalue weighted by Gasteiger charge is 2.42. The lowest BCUT2D eigenvalue weighted by Crippen LogP contribution is -2.55. The van der Waals surface area contributed by atoms with E-state index < -0.39 is 12.0 Å². The quantitative estimate of drug-likeness (QED) is 0.860. The van der Waals surface area contributed by atoms with E-state index in [2.05, 4.69) is 36.5 Å². The third-order valence-electron chi connectivity index (χ3n) is 4.88. The molecular formula is C20H23NO2. The lowest BCUT2D eigenvalue weighted by atomic mass is 9.63. The average Bonchev–Trinajstić information content (AvgIpc) is 2.54. The number of carboxylic acid groups (broad SMARTS) is 1. The predicted octanol–water partition coefficient (Wildman–Crippen LogP) is 3.39. The van der Waals surface area contributed by atoms with Crippen LogP contribution in [0.2, 0.25) is 0 Å².